The zero-order valence-corrected chi connectivity index (χ0v) is 8.76. The monoisotopic (exact) mass is 198 g/mol. The van der Waals surface area contributed by atoms with Crippen molar-refractivity contribution in [2.75, 3.05) is 7.11 Å². The zero-order chi connectivity index (χ0) is 9.68. The third-order valence-electron chi connectivity index (χ3n) is 1.87. The van der Waals surface area contributed by atoms with E-state index < -0.39 is 0 Å². The van der Waals surface area contributed by atoms with E-state index in [9.17, 15) is 4.79 Å². The lowest BCUT2D eigenvalue weighted by Crippen LogP contribution is -2.13. The maximum absolute atomic E-state index is 11.6. The Labute approximate surface area is 82.5 Å². The first-order chi connectivity index (χ1) is 6.29. The molecule has 0 bridgehead atoms. The van der Waals surface area contributed by atoms with E-state index in [2.05, 4.69) is 0 Å². The summed E-state index contributed by atoms with van der Waals surface area (Å²) in [5.74, 6) is 0.170. The molecular formula is C10H14O2S. The highest BCUT2D eigenvalue weighted by atomic mass is 32.1. The maximum atomic E-state index is 11.6. The van der Waals surface area contributed by atoms with Crippen LogP contribution in [0.25, 0.3) is 0 Å². The summed E-state index contributed by atoms with van der Waals surface area (Å²) in [5, 5.41) is 3.92. The largest absolute Gasteiger partial charge is 0.369 e. The predicted molar refractivity (Wildman–Crippen MR) is 54.0 cm³/mol. The standard InChI is InChI=1S/C10H14O2S/c1-3-4-9(11)10(12-2)8-5-6-13-7-8/h5-7,10H,3-4H2,1-2H3. The quantitative estimate of drug-likeness (QED) is 0.727. The van der Waals surface area contributed by atoms with E-state index in [1.165, 1.54) is 0 Å². The van der Waals surface area contributed by atoms with Gasteiger partial charge in [-0.2, -0.15) is 11.3 Å². The van der Waals surface area contributed by atoms with Crippen LogP contribution in [-0.2, 0) is 9.53 Å². The van der Waals surface area contributed by atoms with Gasteiger partial charge in [0.2, 0.25) is 0 Å². The minimum Gasteiger partial charge on any atom is -0.369 e. The highest BCUT2D eigenvalue weighted by Crippen LogP contribution is 2.21. The molecule has 0 radical (unpaired) electrons. The number of carbonyl (C=O) groups excluding carboxylic acids is 1. The van der Waals surface area contributed by atoms with Crippen molar-refractivity contribution < 1.29 is 9.53 Å². The Morgan fingerprint density at radius 3 is 2.92 bits per heavy atom. The Morgan fingerprint density at radius 2 is 2.46 bits per heavy atom. The second-order valence-electron chi connectivity index (χ2n) is 2.89. The number of rotatable bonds is 5. The SMILES string of the molecule is CCCC(=O)C(OC)c1ccsc1. The van der Waals surface area contributed by atoms with Gasteiger partial charge in [-0.15, -0.1) is 0 Å². The average molecular weight is 198 g/mol. The van der Waals surface area contributed by atoms with Crippen LogP contribution < -0.4 is 0 Å². The Balaban J connectivity index is 2.68. The number of hydrogen-bond acceptors (Lipinski definition) is 3. The lowest BCUT2D eigenvalue weighted by molar-refractivity contribution is -0.129. The molecule has 1 aromatic heterocycles. The summed E-state index contributed by atoms with van der Waals surface area (Å²) in [4.78, 5) is 11.6. The first-order valence-corrected chi connectivity index (χ1v) is 5.31. The van der Waals surface area contributed by atoms with Crippen molar-refractivity contribution >= 4 is 17.1 Å². The molecule has 3 heteroatoms. The second kappa shape index (κ2) is 5.14. The van der Waals surface area contributed by atoms with Crippen molar-refractivity contribution in [3.8, 4) is 0 Å². The Hall–Kier alpha value is -0.670. The third-order valence-corrected chi connectivity index (χ3v) is 2.57. The first-order valence-electron chi connectivity index (χ1n) is 4.37. The van der Waals surface area contributed by atoms with Crippen molar-refractivity contribution in [2.24, 2.45) is 0 Å². The molecule has 1 heterocycles. The van der Waals surface area contributed by atoms with E-state index in [0.29, 0.717) is 6.42 Å². The van der Waals surface area contributed by atoms with Crippen molar-refractivity contribution in [1.82, 2.24) is 0 Å². The van der Waals surface area contributed by atoms with Gasteiger partial charge in [0.25, 0.3) is 0 Å². The molecule has 1 aromatic rings. The molecule has 0 saturated heterocycles. The Kier molecular flexibility index (Phi) is 4.12. The molecule has 1 atom stereocenters. The molecule has 0 aromatic carbocycles. The average Bonchev–Trinajstić information content (AvgIpc) is 2.59. The number of carbonyl (C=O) groups is 1. The number of methoxy groups -OCH3 is 1. The molecule has 0 aliphatic rings. The van der Waals surface area contributed by atoms with Crippen LogP contribution in [0.15, 0.2) is 16.8 Å². The number of Topliss-reactive ketones (excluding diaryl/α,β-unsaturated/α-hetero) is 1. The third kappa shape index (κ3) is 2.64. The van der Waals surface area contributed by atoms with Crippen LogP contribution in [0.1, 0.15) is 31.4 Å². The van der Waals surface area contributed by atoms with Gasteiger partial charge in [-0.1, -0.05) is 6.92 Å². The van der Waals surface area contributed by atoms with E-state index in [1.807, 2.05) is 23.8 Å². The fourth-order valence-electron chi connectivity index (χ4n) is 1.26. The van der Waals surface area contributed by atoms with Crippen LogP contribution in [0.5, 0.6) is 0 Å². The number of ether oxygens (including phenoxy) is 1. The fraction of sp³-hybridized carbons (Fsp3) is 0.500. The highest BCUT2D eigenvalue weighted by molar-refractivity contribution is 7.08. The van der Waals surface area contributed by atoms with Gasteiger partial charge in [-0.05, 0) is 28.8 Å². The molecule has 2 nitrogen and oxygen atoms in total. The molecule has 0 fully saturated rings. The van der Waals surface area contributed by atoms with Gasteiger partial charge in [-0.3, -0.25) is 4.79 Å². The second-order valence-corrected chi connectivity index (χ2v) is 3.67. The van der Waals surface area contributed by atoms with Crippen LogP contribution >= 0.6 is 11.3 Å². The molecule has 0 N–H and O–H groups in total. The molecule has 1 unspecified atom stereocenters. The normalized spacial score (nSPS) is 12.8. The van der Waals surface area contributed by atoms with Crippen molar-refractivity contribution in [2.45, 2.75) is 25.9 Å². The smallest absolute Gasteiger partial charge is 0.166 e. The van der Waals surface area contributed by atoms with Gasteiger partial charge in [0.05, 0.1) is 0 Å². The minimum absolute atomic E-state index is 0.170. The van der Waals surface area contributed by atoms with Crippen LogP contribution in [0, 0.1) is 0 Å². The molecule has 0 amide bonds. The molecule has 0 saturated carbocycles. The zero-order valence-electron chi connectivity index (χ0n) is 7.95. The lowest BCUT2D eigenvalue weighted by atomic mass is 10.1. The van der Waals surface area contributed by atoms with Crippen molar-refractivity contribution in [3.63, 3.8) is 0 Å². The van der Waals surface area contributed by atoms with Gasteiger partial charge in [0, 0.05) is 13.5 Å². The van der Waals surface area contributed by atoms with Crippen molar-refractivity contribution in [1.29, 1.82) is 0 Å². The van der Waals surface area contributed by atoms with Crippen molar-refractivity contribution in [3.05, 3.63) is 22.4 Å². The summed E-state index contributed by atoms with van der Waals surface area (Å²) in [6.45, 7) is 2.00. The van der Waals surface area contributed by atoms with E-state index >= 15 is 0 Å². The lowest BCUT2D eigenvalue weighted by Gasteiger charge is -2.11. The maximum Gasteiger partial charge on any atom is 0.166 e. The van der Waals surface area contributed by atoms with E-state index in [1.54, 1.807) is 18.4 Å². The number of ketones is 1. The highest BCUT2D eigenvalue weighted by Gasteiger charge is 2.18. The summed E-state index contributed by atoms with van der Waals surface area (Å²) in [7, 11) is 1.58. The molecule has 1 rings (SSSR count). The topological polar surface area (TPSA) is 26.3 Å². The van der Waals surface area contributed by atoms with E-state index in [-0.39, 0.29) is 11.9 Å². The van der Waals surface area contributed by atoms with Crippen LogP contribution in [0.2, 0.25) is 0 Å². The first kappa shape index (κ1) is 10.4. The number of hydrogen-bond donors (Lipinski definition) is 0. The predicted octanol–water partition coefficient (Wildman–Crippen LogP) is 2.80. The Morgan fingerprint density at radius 1 is 1.69 bits per heavy atom. The summed E-state index contributed by atoms with van der Waals surface area (Å²) in [6, 6.07) is 1.94. The van der Waals surface area contributed by atoms with Gasteiger partial charge in [0.15, 0.2) is 5.78 Å². The van der Waals surface area contributed by atoms with E-state index in [0.717, 1.165) is 12.0 Å². The van der Waals surface area contributed by atoms with Gasteiger partial charge >= 0.3 is 0 Å². The summed E-state index contributed by atoms with van der Waals surface area (Å²) >= 11 is 1.59. The summed E-state index contributed by atoms with van der Waals surface area (Å²) < 4.78 is 5.17. The minimum atomic E-state index is -0.355. The fourth-order valence-corrected chi connectivity index (χ4v) is 1.93. The Bertz CT molecular complexity index is 254. The molecule has 0 aliphatic carbocycles. The van der Waals surface area contributed by atoms with E-state index in [4.69, 9.17) is 4.74 Å². The van der Waals surface area contributed by atoms with Crippen LogP contribution in [0.4, 0.5) is 0 Å². The molecule has 13 heavy (non-hydrogen) atoms. The van der Waals surface area contributed by atoms with Gasteiger partial charge in [-0.25, -0.2) is 0 Å². The molecule has 0 aliphatic heterocycles. The van der Waals surface area contributed by atoms with Crippen LogP contribution in [-0.4, -0.2) is 12.9 Å². The van der Waals surface area contributed by atoms with Gasteiger partial charge in [0.1, 0.15) is 6.10 Å². The summed E-state index contributed by atoms with van der Waals surface area (Å²) in [5.41, 5.74) is 0.978. The van der Waals surface area contributed by atoms with Crippen LogP contribution in [0.3, 0.4) is 0 Å². The number of thiophene rings is 1. The molecule has 0 spiro atoms. The summed E-state index contributed by atoms with van der Waals surface area (Å²) in [6.07, 6.45) is 1.11. The molecule has 72 valence electrons. The van der Waals surface area contributed by atoms with Gasteiger partial charge < -0.3 is 4.74 Å². The molecular weight excluding hydrogens is 184 g/mol.